The Kier molecular flexibility index (Phi) is 4.11. The van der Waals surface area contributed by atoms with Crippen molar-refractivity contribution < 1.29 is 19.4 Å². The first-order chi connectivity index (χ1) is 13.6. The molecule has 1 saturated heterocycles. The number of aliphatic carboxylic acids is 1. The third kappa shape index (κ3) is 2.60. The van der Waals surface area contributed by atoms with Gasteiger partial charge in [0.05, 0.1) is 0 Å². The van der Waals surface area contributed by atoms with Crippen molar-refractivity contribution in [2.45, 2.75) is 43.7 Å². The molecule has 5 rings (SSSR count). The van der Waals surface area contributed by atoms with E-state index in [1.54, 1.807) is 0 Å². The maximum atomic E-state index is 12.9. The van der Waals surface area contributed by atoms with Crippen molar-refractivity contribution in [1.82, 2.24) is 4.90 Å². The number of hydrogen-bond donors (Lipinski definition) is 1. The Labute approximate surface area is 163 Å². The number of fused-ring (bicyclic) bond motifs is 4. The highest BCUT2D eigenvalue weighted by molar-refractivity contribution is 5.82. The van der Waals surface area contributed by atoms with Crippen LogP contribution in [0.1, 0.15) is 42.7 Å². The smallest absolute Gasteiger partial charge is 0.410 e. The van der Waals surface area contributed by atoms with Gasteiger partial charge in [0.2, 0.25) is 0 Å². The average Bonchev–Trinajstić information content (AvgIpc) is 3.37. The highest BCUT2D eigenvalue weighted by atomic mass is 16.6. The lowest BCUT2D eigenvalue weighted by atomic mass is 9.98. The van der Waals surface area contributed by atoms with E-state index < -0.39 is 18.1 Å². The molecule has 0 bridgehead atoms. The number of amides is 1. The summed E-state index contributed by atoms with van der Waals surface area (Å²) in [5.41, 5.74) is 4.68. The molecule has 3 aliphatic rings. The molecule has 28 heavy (non-hydrogen) atoms. The van der Waals surface area contributed by atoms with Crippen LogP contribution in [0.4, 0.5) is 4.79 Å². The van der Waals surface area contributed by atoms with Crippen molar-refractivity contribution in [1.29, 1.82) is 0 Å². The molecule has 144 valence electrons. The van der Waals surface area contributed by atoms with Crippen LogP contribution < -0.4 is 0 Å². The maximum absolute atomic E-state index is 12.9. The van der Waals surface area contributed by atoms with Gasteiger partial charge >= 0.3 is 12.1 Å². The molecule has 1 unspecified atom stereocenters. The van der Waals surface area contributed by atoms with E-state index >= 15 is 0 Å². The van der Waals surface area contributed by atoms with E-state index in [4.69, 9.17) is 4.74 Å². The third-order valence-electron chi connectivity index (χ3n) is 6.67. The van der Waals surface area contributed by atoms with Crippen LogP contribution in [-0.4, -0.2) is 40.8 Å². The SMILES string of the molecule is O=C(O)C1C[C@@H]2CCC[C@@H]2N1C(=O)OCC1c2ccccc2-c2ccccc21. The number of rotatable bonds is 3. The number of nitrogens with zero attached hydrogens (tertiary/aromatic N) is 1. The topological polar surface area (TPSA) is 66.8 Å². The summed E-state index contributed by atoms with van der Waals surface area (Å²) in [4.78, 5) is 26.1. The number of hydrogen-bond acceptors (Lipinski definition) is 3. The van der Waals surface area contributed by atoms with Gasteiger partial charge in [0.15, 0.2) is 0 Å². The molecule has 0 aromatic heterocycles. The summed E-state index contributed by atoms with van der Waals surface area (Å²) in [6.07, 6.45) is 2.99. The van der Waals surface area contributed by atoms with Gasteiger partial charge in [-0.25, -0.2) is 9.59 Å². The number of ether oxygens (including phenoxy) is 1. The second-order valence-corrected chi connectivity index (χ2v) is 8.06. The Morgan fingerprint density at radius 2 is 1.64 bits per heavy atom. The van der Waals surface area contributed by atoms with Gasteiger partial charge in [-0.1, -0.05) is 55.0 Å². The van der Waals surface area contributed by atoms with E-state index in [0.717, 1.165) is 30.4 Å². The van der Waals surface area contributed by atoms with Crippen molar-refractivity contribution in [2.75, 3.05) is 6.61 Å². The van der Waals surface area contributed by atoms with Gasteiger partial charge < -0.3 is 9.84 Å². The Bertz CT molecular complexity index is 894. The molecule has 5 nitrogen and oxygen atoms in total. The standard InChI is InChI=1S/C23H23NO4/c25-22(26)21-12-14-6-5-11-20(14)24(21)23(27)28-13-19-17-9-3-1-7-15(17)16-8-2-4-10-18(16)19/h1-4,7-10,14,19-21H,5-6,11-13H2,(H,25,26)/t14-,20-,21?/m0/s1. The molecule has 1 heterocycles. The van der Waals surface area contributed by atoms with Crippen molar-refractivity contribution in [3.63, 3.8) is 0 Å². The lowest BCUT2D eigenvalue weighted by molar-refractivity contribution is -0.142. The van der Waals surface area contributed by atoms with E-state index in [1.165, 1.54) is 16.0 Å². The van der Waals surface area contributed by atoms with E-state index in [0.29, 0.717) is 12.3 Å². The second kappa shape index (κ2) is 6.66. The van der Waals surface area contributed by atoms with E-state index in [2.05, 4.69) is 24.3 Å². The quantitative estimate of drug-likeness (QED) is 0.868. The normalized spacial score (nSPS) is 25.3. The molecule has 0 spiro atoms. The largest absolute Gasteiger partial charge is 0.480 e. The number of benzene rings is 2. The molecular formula is C23H23NO4. The summed E-state index contributed by atoms with van der Waals surface area (Å²) in [7, 11) is 0. The first-order valence-electron chi connectivity index (χ1n) is 10.0. The van der Waals surface area contributed by atoms with E-state index in [9.17, 15) is 14.7 Å². The summed E-state index contributed by atoms with van der Waals surface area (Å²) in [5.74, 6) is -0.647. The van der Waals surface area contributed by atoms with Gasteiger partial charge in [-0.3, -0.25) is 4.90 Å². The van der Waals surface area contributed by atoms with Crippen molar-refractivity contribution in [3.05, 3.63) is 59.7 Å². The Morgan fingerprint density at radius 3 is 2.29 bits per heavy atom. The van der Waals surface area contributed by atoms with E-state index in [1.807, 2.05) is 24.3 Å². The number of likely N-dealkylation sites (tertiary alicyclic amines) is 1. The summed E-state index contributed by atoms with van der Waals surface area (Å²) in [5, 5.41) is 9.58. The van der Waals surface area contributed by atoms with Gasteiger partial charge in [-0.2, -0.15) is 0 Å². The zero-order chi connectivity index (χ0) is 19.3. The lowest BCUT2D eigenvalue weighted by Gasteiger charge is -2.27. The molecule has 2 aromatic carbocycles. The summed E-state index contributed by atoms with van der Waals surface area (Å²) in [6.45, 7) is 0.229. The zero-order valence-electron chi connectivity index (χ0n) is 15.6. The van der Waals surface area contributed by atoms with E-state index in [-0.39, 0.29) is 18.6 Å². The minimum absolute atomic E-state index is 0.0109. The monoisotopic (exact) mass is 377 g/mol. The van der Waals surface area contributed by atoms with Crippen LogP contribution in [0.5, 0.6) is 0 Å². The molecule has 5 heteroatoms. The molecule has 3 atom stereocenters. The summed E-state index contributed by atoms with van der Waals surface area (Å²) >= 11 is 0. The van der Waals surface area contributed by atoms with Crippen molar-refractivity contribution >= 4 is 12.1 Å². The van der Waals surface area contributed by atoms with Crippen LogP contribution >= 0.6 is 0 Å². The molecule has 2 fully saturated rings. The third-order valence-corrected chi connectivity index (χ3v) is 6.67. The fourth-order valence-corrected chi connectivity index (χ4v) is 5.44. The molecule has 2 aromatic rings. The minimum Gasteiger partial charge on any atom is -0.480 e. The van der Waals surface area contributed by atoms with Crippen LogP contribution in [0, 0.1) is 5.92 Å². The highest BCUT2D eigenvalue weighted by Gasteiger charge is 2.49. The van der Waals surface area contributed by atoms with Crippen LogP contribution in [0.15, 0.2) is 48.5 Å². The van der Waals surface area contributed by atoms with Crippen LogP contribution in [-0.2, 0) is 9.53 Å². The highest BCUT2D eigenvalue weighted by Crippen LogP contribution is 2.45. The van der Waals surface area contributed by atoms with Crippen molar-refractivity contribution in [2.24, 2.45) is 5.92 Å². The predicted molar refractivity (Wildman–Crippen MR) is 104 cm³/mol. The fourth-order valence-electron chi connectivity index (χ4n) is 5.44. The predicted octanol–water partition coefficient (Wildman–Crippen LogP) is 4.26. The lowest BCUT2D eigenvalue weighted by Crippen LogP contribution is -2.45. The van der Waals surface area contributed by atoms with Gasteiger partial charge in [0.1, 0.15) is 12.6 Å². The minimum atomic E-state index is -0.928. The molecular weight excluding hydrogens is 354 g/mol. The molecule has 1 saturated carbocycles. The first-order valence-corrected chi connectivity index (χ1v) is 10.0. The molecule has 1 N–H and O–H groups in total. The number of carboxylic acid groups (broad SMARTS) is 1. The molecule has 0 radical (unpaired) electrons. The maximum Gasteiger partial charge on any atom is 0.410 e. The molecule has 1 aliphatic heterocycles. The van der Waals surface area contributed by atoms with Gasteiger partial charge in [-0.15, -0.1) is 0 Å². The van der Waals surface area contributed by atoms with Crippen LogP contribution in [0.25, 0.3) is 11.1 Å². The summed E-state index contributed by atoms with van der Waals surface area (Å²) < 4.78 is 5.74. The van der Waals surface area contributed by atoms with Crippen molar-refractivity contribution in [3.8, 4) is 11.1 Å². The van der Waals surface area contributed by atoms with Gasteiger partial charge in [-0.05, 0) is 47.4 Å². The Morgan fingerprint density at radius 1 is 1.00 bits per heavy atom. The fraction of sp³-hybridized carbons (Fsp3) is 0.391. The van der Waals surface area contributed by atoms with Gasteiger partial charge in [0, 0.05) is 12.0 Å². The average molecular weight is 377 g/mol. The number of carbonyl (C=O) groups excluding carboxylic acids is 1. The second-order valence-electron chi connectivity index (χ2n) is 8.06. The Hall–Kier alpha value is -2.82. The summed E-state index contributed by atoms with van der Waals surface area (Å²) in [6, 6.07) is 15.7. The number of carbonyl (C=O) groups is 2. The van der Waals surface area contributed by atoms with Crippen LogP contribution in [0.2, 0.25) is 0 Å². The number of carboxylic acids is 1. The van der Waals surface area contributed by atoms with Crippen LogP contribution in [0.3, 0.4) is 0 Å². The zero-order valence-corrected chi connectivity index (χ0v) is 15.6. The Balaban J connectivity index is 1.37. The molecule has 2 aliphatic carbocycles. The first kappa shape index (κ1) is 17.3. The molecule has 1 amide bonds. The van der Waals surface area contributed by atoms with Gasteiger partial charge in [0.25, 0.3) is 0 Å².